The number of carbonyl (C=O) groups is 1. The van der Waals surface area contributed by atoms with E-state index >= 15 is 0 Å². The number of rotatable bonds is 5. The molecule has 3 aromatic rings. The Morgan fingerprint density at radius 2 is 2.17 bits per heavy atom. The van der Waals surface area contributed by atoms with Gasteiger partial charge >= 0.3 is 11.8 Å². The van der Waals surface area contributed by atoms with E-state index in [1.807, 2.05) is 31.2 Å². The lowest BCUT2D eigenvalue weighted by Gasteiger charge is -2.18. The Bertz CT molecular complexity index is 1210. The minimum atomic E-state index is -0.485. The van der Waals surface area contributed by atoms with E-state index in [0.29, 0.717) is 17.8 Å². The first-order chi connectivity index (χ1) is 14.5. The largest absolute Gasteiger partial charge is 0.444 e. The van der Waals surface area contributed by atoms with Crippen LogP contribution in [0.15, 0.2) is 53.5 Å². The van der Waals surface area contributed by atoms with E-state index < -0.39 is 11.8 Å². The van der Waals surface area contributed by atoms with Crippen molar-refractivity contribution in [2.45, 2.75) is 20.1 Å². The highest BCUT2D eigenvalue weighted by atomic mass is 19.1. The molecule has 0 unspecified atom stereocenters. The molecule has 4 rings (SSSR count). The average Bonchev–Trinajstić information content (AvgIpc) is 3.11. The minimum Gasteiger partial charge on any atom is -0.444 e. The van der Waals surface area contributed by atoms with Gasteiger partial charge in [0.05, 0.1) is 18.6 Å². The lowest BCUT2D eigenvalue weighted by Crippen LogP contribution is -2.26. The van der Waals surface area contributed by atoms with Crippen LogP contribution >= 0.6 is 0 Å². The van der Waals surface area contributed by atoms with Crippen LogP contribution in [0.4, 0.5) is 14.9 Å². The number of fused-ring (bicyclic) bond motifs is 1. The van der Waals surface area contributed by atoms with Gasteiger partial charge in [0.25, 0.3) is 0 Å². The average molecular weight is 410 g/mol. The number of aromatic nitrogens is 4. The van der Waals surface area contributed by atoms with E-state index in [9.17, 15) is 14.0 Å². The molecular formula is C20H19FN6O3. The lowest BCUT2D eigenvalue weighted by atomic mass is 10.0. The van der Waals surface area contributed by atoms with E-state index in [2.05, 4.69) is 15.4 Å². The summed E-state index contributed by atoms with van der Waals surface area (Å²) in [5.41, 5.74) is 9.28. The number of cyclic esters (lactones) is 1. The Balaban J connectivity index is 1.65. The molecule has 1 aromatic carbocycles. The van der Waals surface area contributed by atoms with Crippen LogP contribution < -0.4 is 16.7 Å². The monoisotopic (exact) mass is 410 g/mol. The van der Waals surface area contributed by atoms with Crippen molar-refractivity contribution in [1.29, 1.82) is 0 Å². The second-order valence-corrected chi connectivity index (χ2v) is 6.85. The zero-order valence-corrected chi connectivity index (χ0v) is 16.1. The number of pyridine rings is 1. The fourth-order valence-corrected chi connectivity index (χ4v) is 3.19. The van der Waals surface area contributed by atoms with Crippen LogP contribution in [-0.2, 0) is 17.9 Å². The van der Waals surface area contributed by atoms with Crippen LogP contribution in [0.3, 0.4) is 0 Å². The van der Waals surface area contributed by atoms with Crippen molar-refractivity contribution in [3.63, 3.8) is 0 Å². The Kier molecular flexibility index (Phi) is 5.15. The normalized spacial score (nSPS) is 13.6. The first-order valence-electron chi connectivity index (χ1n) is 9.17. The van der Waals surface area contributed by atoms with Crippen LogP contribution in [0.25, 0.3) is 16.9 Å². The molecule has 1 aliphatic heterocycles. The highest BCUT2D eigenvalue weighted by Crippen LogP contribution is 2.29. The molecule has 0 fully saturated rings. The summed E-state index contributed by atoms with van der Waals surface area (Å²) in [4.78, 5) is 28.5. The maximum Gasteiger partial charge on any atom is 0.411 e. The molecule has 0 saturated carbocycles. The van der Waals surface area contributed by atoms with E-state index in [0.717, 1.165) is 26.9 Å². The van der Waals surface area contributed by atoms with Gasteiger partial charge in [-0.25, -0.2) is 28.2 Å². The van der Waals surface area contributed by atoms with Crippen molar-refractivity contribution in [2.75, 3.05) is 11.9 Å². The molecule has 154 valence electrons. The van der Waals surface area contributed by atoms with Crippen LogP contribution in [0.1, 0.15) is 11.1 Å². The summed E-state index contributed by atoms with van der Waals surface area (Å²) in [6.45, 7) is 2.03. The highest BCUT2D eigenvalue weighted by Gasteiger charge is 2.17. The zero-order chi connectivity index (χ0) is 21.3. The number of amides is 1. The number of benzene rings is 1. The number of hydrogen-bond acceptors (Lipinski definition) is 6. The third-order valence-electron chi connectivity index (χ3n) is 4.82. The van der Waals surface area contributed by atoms with Gasteiger partial charge in [-0.05, 0) is 35.8 Å². The summed E-state index contributed by atoms with van der Waals surface area (Å²) in [6, 6.07) is 7.54. The number of anilines is 1. The number of ether oxygens (including phenoxy) is 1. The molecule has 2 aromatic heterocycles. The fourth-order valence-electron chi connectivity index (χ4n) is 3.19. The third-order valence-corrected chi connectivity index (χ3v) is 4.82. The number of nitrogens with one attached hydrogen (secondary N) is 1. The standard InChI is InChI=1S/C20H19FN6O3/c1-12-4-16(14-2-3-15-10-30-19(28)25-17(15)5-14)8-23-18(12)26-11-24-27(20(26)29)9-13(6-21)7-22/h2-6,8,11H,7,9-10,22H2,1H3,(H,25,28)/b13-6+. The lowest BCUT2D eigenvalue weighted by molar-refractivity contribution is 0.151. The van der Waals surface area contributed by atoms with Gasteiger partial charge in [-0.2, -0.15) is 5.10 Å². The third kappa shape index (κ3) is 3.60. The summed E-state index contributed by atoms with van der Waals surface area (Å²) >= 11 is 0. The Morgan fingerprint density at radius 1 is 1.33 bits per heavy atom. The molecule has 1 aliphatic rings. The molecule has 3 N–H and O–H groups in total. The van der Waals surface area contributed by atoms with Crippen LogP contribution in [0.5, 0.6) is 0 Å². The number of nitrogens with zero attached hydrogens (tertiary/aromatic N) is 4. The molecule has 30 heavy (non-hydrogen) atoms. The molecule has 0 saturated heterocycles. The van der Waals surface area contributed by atoms with Gasteiger partial charge in [0, 0.05) is 23.9 Å². The van der Waals surface area contributed by atoms with Gasteiger partial charge in [-0.1, -0.05) is 12.1 Å². The van der Waals surface area contributed by atoms with E-state index in [4.69, 9.17) is 10.5 Å². The smallest absolute Gasteiger partial charge is 0.411 e. The number of halogens is 1. The van der Waals surface area contributed by atoms with E-state index in [1.54, 1.807) is 6.20 Å². The molecule has 3 heterocycles. The maximum atomic E-state index is 12.8. The van der Waals surface area contributed by atoms with Crippen molar-refractivity contribution in [2.24, 2.45) is 5.73 Å². The predicted octanol–water partition coefficient (Wildman–Crippen LogP) is 2.28. The molecule has 0 aliphatic carbocycles. The highest BCUT2D eigenvalue weighted by molar-refractivity contribution is 5.89. The number of carbonyl (C=O) groups excluding carboxylic acids is 1. The molecule has 0 atom stereocenters. The van der Waals surface area contributed by atoms with Crippen molar-refractivity contribution < 1.29 is 13.9 Å². The summed E-state index contributed by atoms with van der Waals surface area (Å²) < 4.78 is 20.1. The minimum absolute atomic E-state index is 0.00483. The molecule has 0 radical (unpaired) electrons. The maximum absolute atomic E-state index is 12.8. The molecule has 0 spiro atoms. The van der Waals surface area contributed by atoms with Crippen LogP contribution in [0.2, 0.25) is 0 Å². The van der Waals surface area contributed by atoms with Gasteiger partial charge < -0.3 is 10.5 Å². The topological polar surface area (TPSA) is 117 Å². The Labute approximate surface area is 170 Å². The van der Waals surface area contributed by atoms with Crippen LogP contribution in [0, 0.1) is 6.92 Å². The number of hydrogen-bond donors (Lipinski definition) is 2. The number of aryl methyl sites for hydroxylation is 1. The SMILES string of the molecule is Cc1cc(-c2ccc3c(c2)NC(=O)OC3)cnc1-n1cnn(C/C(=C/F)CN)c1=O. The zero-order valence-electron chi connectivity index (χ0n) is 16.1. The first kappa shape index (κ1) is 19.5. The quantitative estimate of drug-likeness (QED) is 0.666. The predicted molar refractivity (Wildman–Crippen MR) is 108 cm³/mol. The van der Waals surface area contributed by atoms with Gasteiger partial charge in [0.2, 0.25) is 0 Å². The van der Waals surface area contributed by atoms with Crippen molar-refractivity contribution in [1.82, 2.24) is 19.3 Å². The Morgan fingerprint density at radius 3 is 2.90 bits per heavy atom. The number of nitrogens with two attached hydrogens (primary N) is 1. The second-order valence-electron chi connectivity index (χ2n) is 6.85. The molecule has 0 bridgehead atoms. The van der Waals surface area contributed by atoms with Gasteiger partial charge in [-0.15, -0.1) is 0 Å². The van der Waals surface area contributed by atoms with Gasteiger partial charge in [0.1, 0.15) is 18.8 Å². The van der Waals surface area contributed by atoms with Gasteiger partial charge in [0.15, 0.2) is 0 Å². The molecule has 9 nitrogen and oxygen atoms in total. The molecule has 1 amide bonds. The fraction of sp³-hybridized carbons (Fsp3) is 0.200. The van der Waals surface area contributed by atoms with Crippen molar-refractivity contribution in [3.8, 4) is 16.9 Å². The second kappa shape index (κ2) is 7.91. The van der Waals surface area contributed by atoms with E-state index in [1.165, 1.54) is 10.9 Å². The summed E-state index contributed by atoms with van der Waals surface area (Å²) in [7, 11) is 0. The van der Waals surface area contributed by atoms with Crippen LogP contribution in [-0.4, -0.2) is 32.0 Å². The molecular weight excluding hydrogens is 391 g/mol. The van der Waals surface area contributed by atoms with Crippen molar-refractivity contribution >= 4 is 11.8 Å². The summed E-state index contributed by atoms with van der Waals surface area (Å²) in [6.07, 6.45) is 2.89. The Hall–Kier alpha value is -3.79. The van der Waals surface area contributed by atoms with Crippen molar-refractivity contribution in [3.05, 3.63) is 70.3 Å². The van der Waals surface area contributed by atoms with Gasteiger partial charge in [-0.3, -0.25) is 5.32 Å². The summed E-state index contributed by atoms with van der Waals surface area (Å²) in [5, 5.41) is 6.70. The molecule has 10 heteroatoms. The first-order valence-corrected chi connectivity index (χ1v) is 9.17. The summed E-state index contributed by atoms with van der Waals surface area (Å²) in [5.74, 6) is 0.424. The van der Waals surface area contributed by atoms with E-state index in [-0.39, 0.29) is 25.3 Å².